The Morgan fingerprint density at radius 2 is 1.85 bits per heavy atom. The van der Waals surface area contributed by atoms with Gasteiger partial charge in [0.25, 0.3) is 0 Å². The molecule has 5 nitrogen and oxygen atoms in total. The van der Waals surface area contributed by atoms with Crippen LogP contribution in [-0.2, 0) is 17.6 Å². The van der Waals surface area contributed by atoms with Crippen LogP contribution in [0, 0.1) is 0 Å². The SMILES string of the molecule is NC1CCC(c2nc(CCCc3ccccc3)nn2C2CCOC2)CC1. The summed E-state index contributed by atoms with van der Waals surface area (Å²) < 4.78 is 7.81. The predicted molar refractivity (Wildman–Crippen MR) is 102 cm³/mol. The zero-order valence-corrected chi connectivity index (χ0v) is 15.5. The number of rotatable bonds is 6. The molecule has 26 heavy (non-hydrogen) atoms. The van der Waals surface area contributed by atoms with Gasteiger partial charge in [0.1, 0.15) is 5.82 Å². The van der Waals surface area contributed by atoms with Crippen molar-refractivity contribution < 1.29 is 4.74 Å². The van der Waals surface area contributed by atoms with E-state index < -0.39 is 0 Å². The summed E-state index contributed by atoms with van der Waals surface area (Å²) in [6.45, 7) is 1.61. The van der Waals surface area contributed by atoms with Gasteiger partial charge in [-0.15, -0.1) is 0 Å². The number of nitrogens with zero attached hydrogens (tertiary/aromatic N) is 3. The fourth-order valence-corrected chi connectivity index (χ4v) is 4.22. The van der Waals surface area contributed by atoms with Crippen molar-refractivity contribution in [2.24, 2.45) is 5.73 Å². The van der Waals surface area contributed by atoms with Crippen LogP contribution in [0.2, 0.25) is 0 Å². The van der Waals surface area contributed by atoms with Crippen LogP contribution >= 0.6 is 0 Å². The molecular weight excluding hydrogens is 324 g/mol. The molecule has 0 bridgehead atoms. The van der Waals surface area contributed by atoms with Crippen molar-refractivity contribution in [3.05, 3.63) is 47.5 Å². The van der Waals surface area contributed by atoms with E-state index in [1.54, 1.807) is 0 Å². The van der Waals surface area contributed by atoms with Crippen LogP contribution < -0.4 is 5.73 Å². The van der Waals surface area contributed by atoms with E-state index >= 15 is 0 Å². The molecule has 1 atom stereocenters. The van der Waals surface area contributed by atoms with Crippen LogP contribution in [0.5, 0.6) is 0 Å². The third kappa shape index (κ3) is 4.15. The average molecular weight is 354 g/mol. The lowest BCUT2D eigenvalue weighted by molar-refractivity contribution is 0.183. The summed E-state index contributed by atoms with van der Waals surface area (Å²) >= 11 is 0. The zero-order valence-electron chi connectivity index (χ0n) is 15.5. The van der Waals surface area contributed by atoms with Gasteiger partial charge < -0.3 is 10.5 Å². The van der Waals surface area contributed by atoms with Crippen molar-refractivity contribution in [1.29, 1.82) is 0 Å². The highest BCUT2D eigenvalue weighted by molar-refractivity contribution is 5.15. The zero-order chi connectivity index (χ0) is 17.8. The molecular formula is C21H30N4O. The Balaban J connectivity index is 1.45. The minimum absolute atomic E-state index is 0.357. The molecule has 1 unspecified atom stereocenters. The van der Waals surface area contributed by atoms with E-state index in [0.29, 0.717) is 18.0 Å². The molecule has 2 aliphatic rings. The Morgan fingerprint density at radius 3 is 2.58 bits per heavy atom. The number of hydrogen-bond donors (Lipinski definition) is 1. The average Bonchev–Trinajstić information content (AvgIpc) is 3.33. The summed E-state index contributed by atoms with van der Waals surface area (Å²) in [6, 6.07) is 11.4. The van der Waals surface area contributed by atoms with Crippen LogP contribution in [0.3, 0.4) is 0 Å². The maximum Gasteiger partial charge on any atom is 0.150 e. The van der Waals surface area contributed by atoms with E-state index in [4.69, 9.17) is 20.6 Å². The molecule has 1 aromatic carbocycles. The van der Waals surface area contributed by atoms with Crippen molar-refractivity contribution in [2.75, 3.05) is 13.2 Å². The number of aromatic nitrogens is 3. The van der Waals surface area contributed by atoms with Crippen LogP contribution in [0.4, 0.5) is 0 Å². The van der Waals surface area contributed by atoms with E-state index in [1.165, 1.54) is 11.4 Å². The third-order valence-electron chi connectivity index (χ3n) is 5.80. The number of ether oxygens (including phenoxy) is 1. The predicted octanol–water partition coefficient (Wildman–Crippen LogP) is 3.40. The molecule has 0 spiro atoms. The monoisotopic (exact) mass is 354 g/mol. The van der Waals surface area contributed by atoms with Gasteiger partial charge in [-0.05, 0) is 50.5 Å². The summed E-state index contributed by atoms with van der Waals surface area (Å²) in [5, 5.41) is 4.91. The molecule has 1 saturated heterocycles. The summed E-state index contributed by atoms with van der Waals surface area (Å²) in [7, 11) is 0. The lowest BCUT2D eigenvalue weighted by Crippen LogP contribution is -2.27. The number of nitrogens with two attached hydrogens (primary N) is 1. The quantitative estimate of drug-likeness (QED) is 0.863. The van der Waals surface area contributed by atoms with E-state index in [0.717, 1.165) is 70.4 Å². The van der Waals surface area contributed by atoms with Gasteiger partial charge in [0.05, 0.1) is 12.6 Å². The van der Waals surface area contributed by atoms with E-state index in [-0.39, 0.29) is 0 Å². The molecule has 0 amide bonds. The third-order valence-corrected chi connectivity index (χ3v) is 5.80. The maximum atomic E-state index is 6.10. The first kappa shape index (κ1) is 17.7. The van der Waals surface area contributed by atoms with E-state index in [2.05, 4.69) is 35.0 Å². The van der Waals surface area contributed by atoms with Crippen LogP contribution in [0.1, 0.15) is 67.7 Å². The second-order valence-electron chi connectivity index (χ2n) is 7.80. The van der Waals surface area contributed by atoms with Gasteiger partial charge in [-0.1, -0.05) is 30.3 Å². The molecule has 2 fully saturated rings. The van der Waals surface area contributed by atoms with Gasteiger partial charge in [-0.2, -0.15) is 5.10 Å². The number of benzene rings is 1. The smallest absolute Gasteiger partial charge is 0.150 e. The van der Waals surface area contributed by atoms with Gasteiger partial charge in [0.15, 0.2) is 5.82 Å². The van der Waals surface area contributed by atoms with Gasteiger partial charge in [0, 0.05) is 25.0 Å². The minimum Gasteiger partial charge on any atom is -0.379 e. The van der Waals surface area contributed by atoms with Gasteiger partial charge in [-0.25, -0.2) is 9.67 Å². The summed E-state index contributed by atoms with van der Waals surface area (Å²) in [6.07, 6.45) is 8.62. The fraction of sp³-hybridized carbons (Fsp3) is 0.619. The molecule has 140 valence electrons. The first-order valence-corrected chi connectivity index (χ1v) is 10.1. The lowest BCUT2D eigenvalue weighted by atomic mass is 9.86. The summed E-state index contributed by atoms with van der Waals surface area (Å²) in [4.78, 5) is 4.99. The number of hydrogen-bond acceptors (Lipinski definition) is 4. The highest BCUT2D eigenvalue weighted by Gasteiger charge is 2.29. The topological polar surface area (TPSA) is 66.0 Å². The van der Waals surface area contributed by atoms with Crippen molar-refractivity contribution in [3.63, 3.8) is 0 Å². The lowest BCUT2D eigenvalue weighted by Gasteiger charge is -2.26. The Kier molecular flexibility index (Phi) is 5.65. The Morgan fingerprint density at radius 1 is 1.04 bits per heavy atom. The molecule has 1 aromatic heterocycles. The van der Waals surface area contributed by atoms with Gasteiger partial charge in [0.2, 0.25) is 0 Å². The molecule has 1 aliphatic carbocycles. The van der Waals surface area contributed by atoms with Crippen LogP contribution in [0.15, 0.2) is 30.3 Å². The van der Waals surface area contributed by atoms with E-state index in [1.807, 2.05) is 0 Å². The Hall–Kier alpha value is -1.72. The number of aryl methyl sites for hydroxylation is 2. The second kappa shape index (κ2) is 8.31. The first-order chi connectivity index (χ1) is 12.8. The van der Waals surface area contributed by atoms with Crippen molar-refractivity contribution in [1.82, 2.24) is 14.8 Å². The molecule has 2 aromatic rings. The van der Waals surface area contributed by atoms with Crippen LogP contribution in [-0.4, -0.2) is 34.0 Å². The van der Waals surface area contributed by atoms with Crippen LogP contribution in [0.25, 0.3) is 0 Å². The molecule has 0 radical (unpaired) electrons. The van der Waals surface area contributed by atoms with Gasteiger partial charge in [-0.3, -0.25) is 0 Å². The Bertz CT molecular complexity index is 685. The maximum absolute atomic E-state index is 6.10. The van der Waals surface area contributed by atoms with Gasteiger partial charge >= 0.3 is 0 Å². The summed E-state index contributed by atoms with van der Waals surface area (Å²) in [5.74, 6) is 2.69. The highest BCUT2D eigenvalue weighted by Crippen LogP contribution is 2.33. The molecule has 1 saturated carbocycles. The highest BCUT2D eigenvalue weighted by atomic mass is 16.5. The second-order valence-corrected chi connectivity index (χ2v) is 7.80. The minimum atomic E-state index is 0.357. The fourth-order valence-electron chi connectivity index (χ4n) is 4.22. The summed E-state index contributed by atoms with van der Waals surface area (Å²) in [5.41, 5.74) is 7.49. The van der Waals surface area contributed by atoms with Crippen molar-refractivity contribution in [3.8, 4) is 0 Å². The molecule has 1 aliphatic heterocycles. The van der Waals surface area contributed by atoms with E-state index in [9.17, 15) is 0 Å². The largest absolute Gasteiger partial charge is 0.379 e. The standard InChI is InChI=1S/C21H30N4O/c22-18-11-9-17(10-12-18)21-23-20(24-25(21)19-13-14-26-15-19)8-4-7-16-5-2-1-3-6-16/h1-3,5-6,17-19H,4,7-15,22H2. The van der Waals surface area contributed by atoms with Crippen molar-refractivity contribution >= 4 is 0 Å². The van der Waals surface area contributed by atoms with Crippen molar-refractivity contribution in [2.45, 2.75) is 69.4 Å². The molecule has 2 heterocycles. The normalized spacial score (nSPS) is 26.3. The molecule has 5 heteroatoms. The Labute approximate surface area is 156 Å². The molecule has 4 rings (SSSR count). The molecule has 2 N–H and O–H groups in total. The first-order valence-electron chi connectivity index (χ1n) is 10.1.